The Morgan fingerprint density at radius 2 is 1.82 bits per heavy atom. The van der Waals surface area contributed by atoms with Crippen molar-refractivity contribution in [1.29, 1.82) is 0 Å². The number of benzene rings is 1. The largest absolute Gasteiger partial charge is 0.493 e. The van der Waals surface area contributed by atoms with Crippen LogP contribution < -0.4 is 14.8 Å². The highest BCUT2D eigenvalue weighted by Crippen LogP contribution is 2.34. The second-order valence-corrected chi connectivity index (χ2v) is 11.9. The Bertz CT molecular complexity index is 893. The van der Waals surface area contributed by atoms with E-state index in [4.69, 9.17) is 23.7 Å². The molecule has 4 atom stereocenters. The van der Waals surface area contributed by atoms with E-state index in [0.29, 0.717) is 43.5 Å². The summed E-state index contributed by atoms with van der Waals surface area (Å²) in [5.41, 5.74) is 0.493. The number of carbonyl (C=O) groups excluding carboxylic acids is 2. The summed E-state index contributed by atoms with van der Waals surface area (Å²) >= 11 is 0. The van der Waals surface area contributed by atoms with Crippen LogP contribution in [0, 0.1) is 23.7 Å². The number of methoxy groups -OCH3 is 2. The van der Waals surface area contributed by atoms with Gasteiger partial charge in [0, 0.05) is 20.1 Å². The lowest BCUT2D eigenvalue weighted by Crippen LogP contribution is -2.47. The predicted octanol–water partition coefficient (Wildman–Crippen LogP) is 5.80. The molecule has 1 aromatic carbocycles. The van der Waals surface area contributed by atoms with Gasteiger partial charge >= 0.3 is 12.1 Å². The zero-order valence-corrected chi connectivity index (χ0v) is 24.8. The lowest BCUT2D eigenvalue weighted by molar-refractivity contribution is -0.146. The molecule has 0 saturated carbocycles. The molecule has 1 heterocycles. The highest BCUT2D eigenvalue weighted by molar-refractivity contribution is 5.75. The van der Waals surface area contributed by atoms with Gasteiger partial charge in [0.1, 0.15) is 11.7 Å². The molecule has 8 heteroatoms. The van der Waals surface area contributed by atoms with Crippen LogP contribution in [0.1, 0.15) is 73.3 Å². The van der Waals surface area contributed by atoms with E-state index in [2.05, 4.69) is 25.2 Å². The van der Waals surface area contributed by atoms with E-state index in [1.807, 2.05) is 46.8 Å². The van der Waals surface area contributed by atoms with Gasteiger partial charge in [-0.1, -0.05) is 33.8 Å². The van der Waals surface area contributed by atoms with Crippen LogP contribution in [0.3, 0.4) is 0 Å². The fourth-order valence-corrected chi connectivity index (χ4v) is 4.75. The van der Waals surface area contributed by atoms with Crippen molar-refractivity contribution in [3.63, 3.8) is 0 Å². The maximum absolute atomic E-state index is 12.8. The highest BCUT2D eigenvalue weighted by Gasteiger charge is 2.42. The number of hydrogen-bond donors (Lipinski definition) is 1. The molecule has 0 spiro atoms. The Labute approximate surface area is 229 Å². The Morgan fingerprint density at radius 3 is 2.37 bits per heavy atom. The molecule has 1 aromatic rings. The summed E-state index contributed by atoms with van der Waals surface area (Å²) in [7, 11) is 3.31. The van der Waals surface area contributed by atoms with Crippen LogP contribution in [-0.4, -0.2) is 57.2 Å². The Morgan fingerprint density at radius 1 is 1.11 bits per heavy atom. The molecule has 0 radical (unpaired) electrons. The monoisotopic (exact) mass is 535 g/mol. The molecular weight excluding hydrogens is 486 g/mol. The maximum atomic E-state index is 12.8. The van der Waals surface area contributed by atoms with Gasteiger partial charge in [0.15, 0.2) is 11.5 Å². The molecule has 1 aliphatic heterocycles. The number of cyclic esters (lactones) is 1. The quantitative estimate of drug-likeness (QED) is 0.238. The third-order valence-corrected chi connectivity index (χ3v) is 6.99. The van der Waals surface area contributed by atoms with E-state index in [-0.39, 0.29) is 35.9 Å². The lowest BCUT2D eigenvalue weighted by atomic mass is 9.81. The number of alkyl carbamates (subject to hydrolysis) is 1. The van der Waals surface area contributed by atoms with Crippen LogP contribution in [0.15, 0.2) is 18.2 Å². The van der Waals surface area contributed by atoms with Crippen LogP contribution in [0.25, 0.3) is 0 Å². The maximum Gasteiger partial charge on any atom is 0.408 e. The number of hydrogen-bond acceptors (Lipinski definition) is 7. The molecule has 0 aliphatic carbocycles. The SMILES string of the molecule is COCCCOc1cc(C[C@@H](C[C@@H](NC(=O)OC(C)(C)C)[C@H]2C[C@@H](C(C)C)C(=O)O2)C(C)C)ccc1OC. The van der Waals surface area contributed by atoms with E-state index >= 15 is 0 Å². The zero-order chi connectivity index (χ0) is 28.5. The molecule has 1 fully saturated rings. The first-order valence-electron chi connectivity index (χ1n) is 13.8. The summed E-state index contributed by atoms with van der Waals surface area (Å²) < 4.78 is 28.0. The van der Waals surface area contributed by atoms with Crippen molar-refractivity contribution in [2.45, 2.75) is 91.9 Å². The Kier molecular flexibility index (Phi) is 12.2. The Balaban J connectivity index is 2.23. The molecule has 0 bridgehead atoms. The Hall–Kier alpha value is -2.48. The molecule has 1 N–H and O–H groups in total. The van der Waals surface area contributed by atoms with Crippen molar-refractivity contribution < 1.29 is 33.3 Å². The van der Waals surface area contributed by atoms with Crippen molar-refractivity contribution >= 4 is 12.1 Å². The molecule has 0 aromatic heterocycles. The first kappa shape index (κ1) is 31.7. The van der Waals surface area contributed by atoms with Gasteiger partial charge in [0.25, 0.3) is 0 Å². The fraction of sp³-hybridized carbons (Fsp3) is 0.733. The van der Waals surface area contributed by atoms with Crippen molar-refractivity contribution in [2.75, 3.05) is 27.4 Å². The van der Waals surface area contributed by atoms with E-state index in [1.165, 1.54) is 0 Å². The second kappa shape index (κ2) is 14.6. The summed E-state index contributed by atoms with van der Waals surface area (Å²) in [5.74, 6) is 1.75. The van der Waals surface area contributed by atoms with Crippen molar-refractivity contribution in [1.82, 2.24) is 5.32 Å². The number of carbonyl (C=O) groups is 2. The summed E-state index contributed by atoms with van der Waals surface area (Å²) in [6.07, 6.45) is 1.91. The van der Waals surface area contributed by atoms with Gasteiger partial charge in [-0.25, -0.2) is 4.79 Å². The van der Waals surface area contributed by atoms with Gasteiger partial charge in [0.05, 0.1) is 25.7 Å². The average molecular weight is 536 g/mol. The van der Waals surface area contributed by atoms with E-state index in [9.17, 15) is 9.59 Å². The molecule has 1 saturated heterocycles. The molecule has 0 unspecified atom stereocenters. The smallest absolute Gasteiger partial charge is 0.408 e. The molecule has 216 valence electrons. The predicted molar refractivity (Wildman–Crippen MR) is 148 cm³/mol. The summed E-state index contributed by atoms with van der Waals surface area (Å²) in [6, 6.07) is 5.66. The number of ether oxygens (including phenoxy) is 5. The molecule has 8 nitrogen and oxygen atoms in total. The summed E-state index contributed by atoms with van der Waals surface area (Å²) in [6.45, 7) is 15.1. The number of nitrogens with one attached hydrogen (secondary N) is 1. The van der Waals surface area contributed by atoms with Crippen molar-refractivity contribution in [3.05, 3.63) is 23.8 Å². The minimum absolute atomic E-state index is 0.167. The van der Waals surface area contributed by atoms with Crippen LogP contribution in [0.2, 0.25) is 0 Å². The number of rotatable bonds is 14. The summed E-state index contributed by atoms with van der Waals surface area (Å²) in [4.78, 5) is 25.4. The standard InChI is InChI=1S/C30H49NO7/c1-19(2)22(15-21-11-12-25(35-9)27(16-21)36-14-10-13-34-8)17-24(31-29(33)38-30(5,6)7)26-18-23(20(3)4)28(32)37-26/h11-12,16,19-20,22-24,26H,10,13-15,17-18H2,1-9H3,(H,31,33)/t22-,23-,24+,26+/m0/s1. The van der Waals surface area contributed by atoms with Gasteiger partial charge in [0.2, 0.25) is 0 Å². The summed E-state index contributed by atoms with van der Waals surface area (Å²) in [5, 5.41) is 3.04. The van der Waals surface area contributed by atoms with Gasteiger partial charge in [-0.15, -0.1) is 0 Å². The molecule has 1 aliphatic rings. The van der Waals surface area contributed by atoms with Crippen molar-refractivity contribution in [3.8, 4) is 11.5 Å². The number of esters is 1. The number of amides is 1. The van der Waals surface area contributed by atoms with Gasteiger partial charge in [-0.05, 0) is 75.5 Å². The minimum atomic E-state index is -0.623. The van der Waals surface area contributed by atoms with Crippen LogP contribution in [0.4, 0.5) is 4.79 Å². The fourth-order valence-electron chi connectivity index (χ4n) is 4.75. The minimum Gasteiger partial charge on any atom is -0.493 e. The van der Waals surface area contributed by atoms with Gasteiger partial charge in [-0.3, -0.25) is 4.79 Å². The first-order valence-corrected chi connectivity index (χ1v) is 13.8. The third-order valence-electron chi connectivity index (χ3n) is 6.99. The topological polar surface area (TPSA) is 92.3 Å². The van der Waals surface area contributed by atoms with Crippen LogP contribution >= 0.6 is 0 Å². The third kappa shape index (κ3) is 10.0. The van der Waals surface area contributed by atoms with Gasteiger partial charge < -0.3 is 29.0 Å². The van der Waals surface area contributed by atoms with Crippen molar-refractivity contribution in [2.24, 2.45) is 23.7 Å². The highest BCUT2D eigenvalue weighted by atomic mass is 16.6. The molecular formula is C30H49NO7. The lowest BCUT2D eigenvalue weighted by Gasteiger charge is -2.31. The first-order chi connectivity index (χ1) is 17.8. The molecule has 38 heavy (non-hydrogen) atoms. The van der Waals surface area contributed by atoms with Crippen LogP contribution in [0.5, 0.6) is 11.5 Å². The zero-order valence-electron chi connectivity index (χ0n) is 24.8. The average Bonchev–Trinajstić information content (AvgIpc) is 3.21. The second-order valence-electron chi connectivity index (χ2n) is 11.9. The molecule has 1 amide bonds. The molecule has 2 rings (SSSR count). The van der Waals surface area contributed by atoms with E-state index in [1.54, 1.807) is 14.2 Å². The van der Waals surface area contributed by atoms with E-state index < -0.39 is 11.7 Å². The normalized spacial score (nSPS) is 19.3. The van der Waals surface area contributed by atoms with E-state index in [0.717, 1.165) is 18.4 Å². The van der Waals surface area contributed by atoms with Crippen LogP contribution in [-0.2, 0) is 25.4 Å². The van der Waals surface area contributed by atoms with Gasteiger partial charge in [-0.2, -0.15) is 0 Å².